The van der Waals surface area contributed by atoms with Gasteiger partial charge >= 0.3 is 0 Å². The summed E-state index contributed by atoms with van der Waals surface area (Å²) in [7, 11) is 0. The maximum absolute atomic E-state index is 5.87. The van der Waals surface area contributed by atoms with Gasteiger partial charge < -0.3 is 10.1 Å². The fourth-order valence-electron chi connectivity index (χ4n) is 1.78. The Labute approximate surface area is 105 Å². The van der Waals surface area contributed by atoms with E-state index in [0.717, 1.165) is 33.5 Å². The minimum Gasteiger partial charge on any atom is -0.472 e. The SMILES string of the molecule is Brc1cc2c(O[C@H]3CCNC3)ncnc2s1. The molecule has 84 valence electrons. The Balaban J connectivity index is 1.95. The monoisotopic (exact) mass is 299 g/mol. The maximum atomic E-state index is 5.87. The van der Waals surface area contributed by atoms with Crippen molar-refractivity contribution in [2.45, 2.75) is 12.5 Å². The van der Waals surface area contributed by atoms with E-state index in [0.29, 0.717) is 5.88 Å². The van der Waals surface area contributed by atoms with Crippen LogP contribution in [0, 0.1) is 0 Å². The van der Waals surface area contributed by atoms with E-state index in [-0.39, 0.29) is 6.10 Å². The van der Waals surface area contributed by atoms with Crippen molar-refractivity contribution >= 4 is 37.5 Å². The molecule has 0 bridgehead atoms. The first-order valence-electron chi connectivity index (χ1n) is 5.10. The molecule has 2 aromatic rings. The van der Waals surface area contributed by atoms with Crippen LogP contribution in [0.25, 0.3) is 10.2 Å². The molecular formula is C10H10BrN3OS. The molecule has 1 aliphatic rings. The number of halogens is 1. The first kappa shape index (κ1) is 10.4. The lowest BCUT2D eigenvalue weighted by Crippen LogP contribution is -2.20. The second kappa shape index (κ2) is 4.27. The number of thiophene rings is 1. The Morgan fingerprint density at radius 3 is 3.25 bits per heavy atom. The van der Waals surface area contributed by atoms with Gasteiger partial charge in [-0.2, -0.15) is 0 Å². The van der Waals surface area contributed by atoms with Gasteiger partial charge in [0, 0.05) is 6.54 Å². The van der Waals surface area contributed by atoms with Crippen LogP contribution < -0.4 is 10.1 Å². The van der Waals surface area contributed by atoms with E-state index < -0.39 is 0 Å². The van der Waals surface area contributed by atoms with Gasteiger partial charge in [-0.25, -0.2) is 9.97 Å². The fourth-order valence-corrected chi connectivity index (χ4v) is 3.19. The van der Waals surface area contributed by atoms with Crippen LogP contribution in [-0.2, 0) is 0 Å². The average Bonchev–Trinajstić information content (AvgIpc) is 2.86. The van der Waals surface area contributed by atoms with Crippen molar-refractivity contribution in [3.05, 3.63) is 16.2 Å². The molecule has 1 N–H and O–H groups in total. The molecule has 3 heterocycles. The van der Waals surface area contributed by atoms with Crippen LogP contribution in [0.4, 0.5) is 0 Å². The van der Waals surface area contributed by atoms with E-state index in [9.17, 15) is 0 Å². The van der Waals surface area contributed by atoms with Crippen LogP contribution in [-0.4, -0.2) is 29.2 Å². The maximum Gasteiger partial charge on any atom is 0.225 e. The predicted octanol–water partition coefficient (Wildman–Crippen LogP) is 2.19. The molecule has 0 aliphatic carbocycles. The first-order valence-corrected chi connectivity index (χ1v) is 6.71. The van der Waals surface area contributed by atoms with Gasteiger partial charge in [-0.05, 0) is 35.0 Å². The van der Waals surface area contributed by atoms with E-state index in [1.54, 1.807) is 17.7 Å². The molecule has 1 atom stereocenters. The van der Waals surface area contributed by atoms with Crippen molar-refractivity contribution in [1.29, 1.82) is 0 Å². The molecule has 6 heteroatoms. The van der Waals surface area contributed by atoms with Crippen LogP contribution in [0.1, 0.15) is 6.42 Å². The largest absolute Gasteiger partial charge is 0.472 e. The minimum absolute atomic E-state index is 0.233. The Bertz CT molecular complexity index is 510. The Morgan fingerprint density at radius 2 is 2.44 bits per heavy atom. The third-order valence-electron chi connectivity index (χ3n) is 2.56. The normalized spacial score (nSPS) is 20.4. The number of ether oxygens (including phenoxy) is 1. The van der Waals surface area contributed by atoms with Crippen molar-refractivity contribution in [3.8, 4) is 5.88 Å². The molecule has 0 amide bonds. The lowest BCUT2D eigenvalue weighted by molar-refractivity contribution is 0.217. The average molecular weight is 300 g/mol. The second-order valence-corrected chi connectivity index (χ2v) is 6.09. The third kappa shape index (κ3) is 1.92. The minimum atomic E-state index is 0.233. The van der Waals surface area contributed by atoms with E-state index >= 15 is 0 Å². The highest BCUT2D eigenvalue weighted by atomic mass is 79.9. The summed E-state index contributed by atoms with van der Waals surface area (Å²) >= 11 is 5.05. The van der Waals surface area contributed by atoms with E-state index in [2.05, 4.69) is 31.2 Å². The number of aromatic nitrogens is 2. The summed E-state index contributed by atoms with van der Waals surface area (Å²) in [4.78, 5) is 9.39. The standard InChI is InChI=1S/C10H10BrN3OS/c11-8-3-7-9(13-5-14-10(7)16-8)15-6-1-2-12-4-6/h3,5-6,12H,1-2,4H2/t6-/m0/s1. The molecule has 3 rings (SSSR count). The molecule has 1 saturated heterocycles. The van der Waals surface area contributed by atoms with Gasteiger partial charge in [0.25, 0.3) is 0 Å². The molecule has 0 saturated carbocycles. The number of rotatable bonds is 2. The van der Waals surface area contributed by atoms with Gasteiger partial charge in [-0.3, -0.25) is 0 Å². The number of fused-ring (bicyclic) bond motifs is 1. The van der Waals surface area contributed by atoms with Crippen molar-refractivity contribution < 1.29 is 4.74 Å². The van der Waals surface area contributed by atoms with Crippen LogP contribution in [0.5, 0.6) is 5.88 Å². The highest BCUT2D eigenvalue weighted by Crippen LogP contribution is 2.33. The van der Waals surface area contributed by atoms with Crippen molar-refractivity contribution in [1.82, 2.24) is 15.3 Å². The number of hydrogen-bond acceptors (Lipinski definition) is 5. The summed E-state index contributed by atoms with van der Waals surface area (Å²) in [6.07, 6.45) is 2.83. The molecule has 4 nitrogen and oxygen atoms in total. The quantitative estimate of drug-likeness (QED) is 0.923. The van der Waals surface area contributed by atoms with E-state index in [4.69, 9.17) is 4.74 Å². The fraction of sp³-hybridized carbons (Fsp3) is 0.400. The molecule has 0 aromatic carbocycles. The summed E-state index contributed by atoms with van der Waals surface area (Å²) in [6, 6.07) is 2.01. The molecule has 0 radical (unpaired) electrons. The third-order valence-corrected chi connectivity index (χ3v) is 4.10. The molecule has 1 aliphatic heterocycles. The topological polar surface area (TPSA) is 47.0 Å². The van der Waals surface area contributed by atoms with Gasteiger partial charge in [0.05, 0.1) is 9.17 Å². The summed E-state index contributed by atoms with van der Waals surface area (Å²) in [6.45, 7) is 1.92. The Morgan fingerprint density at radius 1 is 1.50 bits per heavy atom. The number of nitrogens with zero attached hydrogens (tertiary/aromatic N) is 2. The zero-order valence-electron chi connectivity index (χ0n) is 8.44. The molecule has 0 unspecified atom stereocenters. The number of nitrogens with one attached hydrogen (secondary N) is 1. The molecule has 16 heavy (non-hydrogen) atoms. The summed E-state index contributed by atoms with van der Waals surface area (Å²) in [5, 5.41) is 4.26. The van der Waals surface area contributed by atoms with Gasteiger partial charge in [0.1, 0.15) is 17.3 Å². The van der Waals surface area contributed by atoms with Crippen LogP contribution in [0.3, 0.4) is 0 Å². The zero-order valence-corrected chi connectivity index (χ0v) is 10.8. The van der Waals surface area contributed by atoms with Crippen LogP contribution in [0.2, 0.25) is 0 Å². The van der Waals surface area contributed by atoms with Crippen LogP contribution >= 0.6 is 27.3 Å². The predicted molar refractivity (Wildman–Crippen MR) is 67.0 cm³/mol. The summed E-state index contributed by atoms with van der Waals surface area (Å²) in [5.74, 6) is 0.695. The van der Waals surface area contributed by atoms with Gasteiger partial charge in [0.15, 0.2) is 0 Å². The van der Waals surface area contributed by atoms with Gasteiger partial charge in [-0.1, -0.05) is 0 Å². The molecule has 2 aromatic heterocycles. The van der Waals surface area contributed by atoms with Crippen molar-refractivity contribution in [3.63, 3.8) is 0 Å². The highest BCUT2D eigenvalue weighted by molar-refractivity contribution is 9.11. The number of hydrogen-bond donors (Lipinski definition) is 1. The smallest absolute Gasteiger partial charge is 0.225 e. The lowest BCUT2D eigenvalue weighted by atomic mass is 10.3. The first-order chi connectivity index (χ1) is 7.83. The van der Waals surface area contributed by atoms with Crippen molar-refractivity contribution in [2.24, 2.45) is 0 Å². The Hall–Kier alpha value is -0.720. The molecular weight excluding hydrogens is 290 g/mol. The van der Waals surface area contributed by atoms with Gasteiger partial charge in [0.2, 0.25) is 5.88 Å². The van der Waals surface area contributed by atoms with E-state index in [1.165, 1.54) is 0 Å². The van der Waals surface area contributed by atoms with Crippen molar-refractivity contribution in [2.75, 3.05) is 13.1 Å². The van der Waals surface area contributed by atoms with Gasteiger partial charge in [-0.15, -0.1) is 11.3 Å². The zero-order chi connectivity index (χ0) is 11.0. The second-order valence-electron chi connectivity index (χ2n) is 3.68. The lowest BCUT2D eigenvalue weighted by Gasteiger charge is -2.11. The molecule has 1 fully saturated rings. The Kier molecular flexibility index (Phi) is 2.79. The molecule has 0 spiro atoms. The van der Waals surface area contributed by atoms with Crippen LogP contribution in [0.15, 0.2) is 16.2 Å². The highest BCUT2D eigenvalue weighted by Gasteiger charge is 2.18. The van der Waals surface area contributed by atoms with E-state index in [1.807, 2.05) is 6.07 Å². The summed E-state index contributed by atoms with van der Waals surface area (Å²) in [5.41, 5.74) is 0. The summed E-state index contributed by atoms with van der Waals surface area (Å²) < 4.78 is 6.93.